The van der Waals surface area contributed by atoms with Gasteiger partial charge in [0, 0.05) is 11.0 Å². The largest absolute Gasteiger partial charge is 0.481 e. The zero-order valence-electron chi connectivity index (χ0n) is 12.7. The van der Waals surface area contributed by atoms with Gasteiger partial charge in [0.2, 0.25) is 0 Å². The fraction of sp³-hybridized carbons (Fsp3) is 0.235. The minimum absolute atomic E-state index is 0.00318. The Morgan fingerprint density at radius 3 is 2.50 bits per heavy atom. The van der Waals surface area contributed by atoms with Crippen molar-refractivity contribution >= 4 is 21.8 Å². The molecule has 24 heavy (non-hydrogen) atoms. The summed E-state index contributed by atoms with van der Waals surface area (Å²) in [5.41, 5.74) is -0.373. The molecule has 0 bridgehead atoms. The van der Waals surface area contributed by atoms with E-state index in [2.05, 4.69) is 21.2 Å². The highest BCUT2D eigenvalue weighted by molar-refractivity contribution is 9.10. The van der Waals surface area contributed by atoms with Gasteiger partial charge in [-0.3, -0.25) is 4.79 Å². The molecule has 0 aromatic heterocycles. The van der Waals surface area contributed by atoms with E-state index in [0.717, 1.165) is 16.6 Å². The minimum Gasteiger partial charge on any atom is -0.481 e. The van der Waals surface area contributed by atoms with Gasteiger partial charge in [-0.1, -0.05) is 28.1 Å². The number of carbonyl (C=O) groups is 1. The molecule has 2 aromatic carbocycles. The van der Waals surface area contributed by atoms with Crippen molar-refractivity contribution in [2.45, 2.75) is 25.7 Å². The Morgan fingerprint density at radius 1 is 1.21 bits per heavy atom. The third kappa shape index (κ3) is 5.26. The second-order valence-corrected chi connectivity index (χ2v) is 6.05. The monoisotopic (exact) mass is 401 g/mol. The van der Waals surface area contributed by atoms with Crippen molar-refractivity contribution in [2.75, 3.05) is 0 Å². The normalized spacial score (nSPS) is 12.5. The van der Waals surface area contributed by atoms with Crippen LogP contribution in [0.15, 0.2) is 53.0 Å². The highest BCUT2D eigenvalue weighted by Gasteiger charge is 2.30. The molecule has 0 saturated heterocycles. The van der Waals surface area contributed by atoms with Crippen LogP contribution in [0.2, 0.25) is 0 Å². The van der Waals surface area contributed by atoms with Crippen LogP contribution in [0.5, 0.6) is 5.75 Å². The van der Waals surface area contributed by atoms with E-state index in [0.29, 0.717) is 11.3 Å². The summed E-state index contributed by atoms with van der Waals surface area (Å²) in [4.78, 5) is 12.0. The molecule has 128 valence electrons. The quantitative estimate of drug-likeness (QED) is 0.797. The lowest BCUT2D eigenvalue weighted by Crippen LogP contribution is -2.35. The molecule has 0 heterocycles. The maximum absolute atomic E-state index is 12.7. The molecule has 7 heteroatoms. The fourth-order valence-electron chi connectivity index (χ4n) is 1.96. The van der Waals surface area contributed by atoms with Crippen LogP contribution in [-0.4, -0.2) is 12.0 Å². The van der Waals surface area contributed by atoms with Crippen LogP contribution in [0.3, 0.4) is 0 Å². The average Bonchev–Trinajstić information content (AvgIpc) is 2.54. The van der Waals surface area contributed by atoms with Crippen molar-refractivity contribution in [3.05, 3.63) is 64.1 Å². The number of rotatable bonds is 5. The number of hydrogen-bond acceptors (Lipinski definition) is 2. The number of hydrogen-bond donors (Lipinski definition) is 1. The molecular formula is C17H15BrF3NO2. The van der Waals surface area contributed by atoms with E-state index >= 15 is 0 Å². The molecule has 1 atom stereocenters. The van der Waals surface area contributed by atoms with Crippen molar-refractivity contribution in [3.8, 4) is 5.75 Å². The summed E-state index contributed by atoms with van der Waals surface area (Å²) in [5, 5.41) is 2.57. The number of benzene rings is 2. The summed E-state index contributed by atoms with van der Waals surface area (Å²) < 4.78 is 44.3. The molecule has 0 unspecified atom stereocenters. The van der Waals surface area contributed by atoms with Gasteiger partial charge < -0.3 is 10.1 Å². The van der Waals surface area contributed by atoms with Gasteiger partial charge in [0.05, 0.1) is 5.56 Å². The van der Waals surface area contributed by atoms with E-state index in [1.165, 1.54) is 12.1 Å². The molecule has 0 aliphatic rings. The predicted octanol–water partition coefficient (Wildman–Crippen LogP) is 4.55. The summed E-state index contributed by atoms with van der Waals surface area (Å²) in [5.74, 6) is 0.121. The molecule has 0 aliphatic carbocycles. The molecule has 0 fully saturated rings. The van der Waals surface area contributed by atoms with Gasteiger partial charge in [0.1, 0.15) is 5.75 Å². The van der Waals surface area contributed by atoms with Gasteiger partial charge in [0.15, 0.2) is 6.10 Å². The topological polar surface area (TPSA) is 38.3 Å². The smallest absolute Gasteiger partial charge is 0.416 e. The number of amides is 1. The minimum atomic E-state index is -4.40. The van der Waals surface area contributed by atoms with Crippen molar-refractivity contribution < 1.29 is 22.7 Å². The summed E-state index contributed by atoms with van der Waals surface area (Å²) in [6, 6.07) is 11.8. The van der Waals surface area contributed by atoms with Crippen molar-refractivity contribution in [3.63, 3.8) is 0 Å². The lowest BCUT2D eigenvalue weighted by molar-refractivity contribution is -0.137. The standard InChI is InChI=1S/C17H15BrF3NO2/c1-11(24-15-7-5-14(18)6-8-15)16(23)22-10-12-3-2-4-13(9-12)17(19,20)21/h2-9,11H,10H2,1H3,(H,22,23)/t11-/m1/s1. The molecule has 0 saturated carbocycles. The number of alkyl halides is 3. The predicted molar refractivity (Wildman–Crippen MR) is 87.5 cm³/mol. The lowest BCUT2D eigenvalue weighted by Gasteiger charge is -2.15. The van der Waals surface area contributed by atoms with E-state index < -0.39 is 23.8 Å². The molecule has 0 spiro atoms. The first-order chi connectivity index (χ1) is 11.3. The summed E-state index contributed by atoms with van der Waals surface area (Å²) in [7, 11) is 0. The fourth-order valence-corrected chi connectivity index (χ4v) is 2.23. The molecule has 0 aliphatic heterocycles. The molecular weight excluding hydrogens is 387 g/mol. The van der Waals surface area contributed by atoms with E-state index in [-0.39, 0.29) is 6.54 Å². The van der Waals surface area contributed by atoms with Gasteiger partial charge in [-0.2, -0.15) is 13.2 Å². The average molecular weight is 402 g/mol. The van der Waals surface area contributed by atoms with Crippen LogP contribution < -0.4 is 10.1 Å². The second kappa shape index (κ2) is 7.70. The Bertz CT molecular complexity index is 702. The van der Waals surface area contributed by atoms with Gasteiger partial charge in [0.25, 0.3) is 5.91 Å². The first-order valence-electron chi connectivity index (χ1n) is 7.12. The molecule has 2 aromatic rings. The van der Waals surface area contributed by atoms with Crippen molar-refractivity contribution in [2.24, 2.45) is 0 Å². The van der Waals surface area contributed by atoms with Gasteiger partial charge in [-0.15, -0.1) is 0 Å². The van der Waals surface area contributed by atoms with Crippen LogP contribution in [0.1, 0.15) is 18.1 Å². The number of halogens is 4. The Morgan fingerprint density at radius 2 is 1.88 bits per heavy atom. The third-order valence-corrected chi connectivity index (χ3v) is 3.75. The van der Waals surface area contributed by atoms with Crippen molar-refractivity contribution in [1.82, 2.24) is 5.32 Å². The van der Waals surface area contributed by atoms with E-state index in [1.54, 1.807) is 31.2 Å². The maximum atomic E-state index is 12.7. The Labute approximate surface area is 146 Å². The van der Waals surface area contributed by atoms with E-state index in [9.17, 15) is 18.0 Å². The first kappa shape index (κ1) is 18.3. The number of carbonyl (C=O) groups excluding carboxylic acids is 1. The van der Waals surface area contributed by atoms with Crippen molar-refractivity contribution in [1.29, 1.82) is 0 Å². The Kier molecular flexibility index (Phi) is 5.88. The Balaban J connectivity index is 1.91. The van der Waals surface area contributed by atoms with Gasteiger partial charge in [-0.25, -0.2) is 0 Å². The zero-order valence-corrected chi connectivity index (χ0v) is 14.3. The molecule has 2 rings (SSSR count). The SMILES string of the molecule is C[C@@H](Oc1ccc(Br)cc1)C(=O)NCc1cccc(C(F)(F)F)c1. The number of ether oxygens (including phenoxy) is 1. The zero-order chi connectivity index (χ0) is 17.7. The molecule has 1 amide bonds. The van der Waals surface area contributed by atoms with Crippen LogP contribution in [0, 0.1) is 0 Å². The Hall–Kier alpha value is -2.02. The second-order valence-electron chi connectivity index (χ2n) is 5.13. The highest BCUT2D eigenvalue weighted by Crippen LogP contribution is 2.29. The van der Waals surface area contributed by atoms with Crippen LogP contribution in [-0.2, 0) is 17.5 Å². The van der Waals surface area contributed by atoms with Crippen LogP contribution in [0.4, 0.5) is 13.2 Å². The highest BCUT2D eigenvalue weighted by atomic mass is 79.9. The van der Waals surface area contributed by atoms with E-state index in [4.69, 9.17) is 4.74 Å². The lowest BCUT2D eigenvalue weighted by atomic mass is 10.1. The summed E-state index contributed by atoms with van der Waals surface area (Å²) in [6.45, 7) is 1.57. The van der Waals surface area contributed by atoms with E-state index in [1.807, 2.05) is 0 Å². The summed E-state index contributed by atoms with van der Waals surface area (Å²) in [6.07, 6.45) is -5.17. The molecule has 0 radical (unpaired) electrons. The molecule has 1 N–H and O–H groups in total. The maximum Gasteiger partial charge on any atom is 0.416 e. The third-order valence-electron chi connectivity index (χ3n) is 3.22. The first-order valence-corrected chi connectivity index (χ1v) is 7.91. The van der Waals surface area contributed by atoms with Crippen LogP contribution in [0.25, 0.3) is 0 Å². The van der Waals surface area contributed by atoms with Gasteiger partial charge in [-0.05, 0) is 48.9 Å². The number of nitrogens with one attached hydrogen (secondary N) is 1. The van der Waals surface area contributed by atoms with Crippen LogP contribution >= 0.6 is 15.9 Å². The molecule has 3 nitrogen and oxygen atoms in total. The summed E-state index contributed by atoms with van der Waals surface area (Å²) >= 11 is 3.30. The van der Waals surface area contributed by atoms with Gasteiger partial charge >= 0.3 is 6.18 Å².